The Labute approximate surface area is 167 Å². The minimum absolute atomic E-state index is 0.246. The van der Waals surface area contributed by atoms with Crippen molar-refractivity contribution >= 4 is 51.9 Å². The van der Waals surface area contributed by atoms with Crippen molar-refractivity contribution < 1.29 is 5.11 Å². The highest BCUT2D eigenvalue weighted by Crippen LogP contribution is 2.29. The Bertz CT molecular complexity index is 807. The van der Waals surface area contributed by atoms with Crippen molar-refractivity contribution in [2.45, 2.75) is 12.7 Å². The molecule has 0 bridgehead atoms. The predicted octanol–water partition coefficient (Wildman–Crippen LogP) is 6.11. The van der Waals surface area contributed by atoms with Gasteiger partial charge in [0.05, 0.1) is 22.3 Å². The van der Waals surface area contributed by atoms with Crippen LogP contribution in [0.25, 0.3) is 0 Å². The van der Waals surface area contributed by atoms with Crippen molar-refractivity contribution in [2.24, 2.45) is 10.1 Å². The molecule has 0 radical (unpaired) electrons. The van der Waals surface area contributed by atoms with Crippen molar-refractivity contribution in [2.75, 3.05) is 6.54 Å². The molecule has 136 valence electrons. The van der Waals surface area contributed by atoms with Crippen molar-refractivity contribution in [3.8, 4) is 5.75 Å². The van der Waals surface area contributed by atoms with Crippen molar-refractivity contribution in [1.29, 1.82) is 0 Å². The number of hydrogen-bond acceptors (Lipinski definition) is 5. The second kappa shape index (κ2) is 10.3. The third kappa shape index (κ3) is 6.41. The molecule has 1 N–H and O–H groups in total. The summed E-state index contributed by atoms with van der Waals surface area (Å²) in [7, 11) is 0. The molecule has 2 aromatic carbocycles. The fourth-order valence-corrected chi connectivity index (χ4v) is 3.38. The Morgan fingerprint density at radius 2 is 1.96 bits per heavy atom. The normalized spacial score (nSPS) is 11.7. The highest BCUT2D eigenvalue weighted by Gasteiger charge is 2.09. The van der Waals surface area contributed by atoms with Gasteiger partial charge in [0.2, 0.25) is 0 Å². The smallest absolute Gasteiger partial charge is 0.115 e. The number of aromatic hydroxyl groups is 1. The maximum atomic E-state index is 9.40. The number of rotatable bonds is 7. The average molecular weight is 408 g/mol. The van der Waals surface area contributed by atoms with E-state index in [-0.39, 0.29) is 5.75 Å². The molecule has 2 aromatic rings. The number of phenolic OH excluding ortho intramolecular Hbond substituents is 1. The Kier molecular flexibility index (Phi) is 8.04. The maximum Gasteiger partial charge on any atom is 0.115 e. The first-order chi connectivity index (χ1) is 12.5. The molecule has 0 atom stereocenters. The molecule has 0 amide bonds. The van der Waals surface area contributed by atoms with Crippen LogP contribution in [0.1, 0.15) is 12.5 Å². The van der Waals surface area contributed by atoms with Gasteiger partial charge >= 0.3 is 0 Å². The van der Waals surface area contributed by atoms with E-state index in [1.165, 1.54) is 0 Å². The number of hydrogen-bond donors (Lipinski definition) is 1. The second-order valence-corrected chi connectivity index (χ2v) is 7.10. The fourth-order valence-electron chi connectivity index (χ4n) is 2.02. The fraction of sp³-hybridized carbons (Fsp3) is 0.158. The van der Waals surface area contributed by atoms with E-state index >= 15 is 0 Å². The van der Waals surface area contributed by atoms with Gasteiger partial charge in [-0.1, -0.05) is 41.9 Å². The van der Waals surface area contributed by atoms with Crippen LogP contribution in [0.15, 0.2) is 65.3 Å². The topological polar surface area (TPSA) is 48.2 Å². The number of benzene rings is 2. The molecular formula is C19H19Cl2N3OS. The quantitative estimate of drug-likeness (QED) is 0.341. The molecule has 0 saturated carbocycles. The van der Waals surface area contributed by atoms with Gasteiger partial charge < -0.3 is 5.11 Å². The molecule has 26 heavy (non-hydrogen) atoms. The van der Waals surface area contributed by atoms with Gasteiger partial charge in [-0.25, -0.2) is 4.99 Å². The highest BCUT2D eigenvalue weighted by atomic mass is 35.5. The Balaban J connectivity index is 2.23. The van der Waals surface area contributed by atoms with Gasteiger partial charge in [-0.15, -0.1) is 11.8 Å². The van der Waals surface area contributed by atoms with Crippen LogP contribution in [0.5, 0.6) is 5.75 Å². The van der Waals surface area contributed by atoms with Gasteiger partial charge in [-0.3, -0.25) is 5.01 Å². The van der Waals surface area contributed by atoms with Gasteiger partial charge in [0.25, 0.3) is 0 Å². The molecule has 0 aliphatic carbocycles. The van der Waals surface area contributed by atoms with Crippen LogP contribution in [0, 0.1) is 0 Å². The molecule has 0 saturated heterocycles. The van der Waals surface area contributed by atoms with E-state index in [4.69, 9.17) is 23.2 Å². The summed E-state index contributed by atoms with van der Waals surface area (Å²) in [6, 6.07) is 12.3. The minimum atomic E-state index is 0.246. The van der Waals surface area contributed by atoms with Gasteiger partial charge in [0, 0.05) is 23.2 Å². The number of hydrazone groups is 1. The van der Waals surface area contributed by atoms with Crippen LogP contribution < -0.4 is 0 Å². The van der Waals surface area contributed by atoms with Crippen LogP contribution in [0.2, 0.25) is 10.0 Å². The van der Waals surface area contributed by atoms with Crippen LogP contribution in [-0.4, -0.2) is 27.9 Å². The van der Waals surface area contributed by atoms with E-state index < -0.39 is 0 Å². The van der Waals surface area contributed by atoms with Crippen molar-refractivity contribution in [3.63, 3.8) is 0 Å². The van der Waals surface area contributed by atoms with Gasteiger partial charge in [-0.2, -0.15) is 5.10 Å². The molecule has 0 unspecified atom stereocenters. The zero-order valence-corrected chi connectivity index (χ0v) is 16.6. The van der Waals surface area contributed by atoms with Gasteiger partial charge in [-0.05, 0) is 42.8 Å². The molecule has 0 aliphatic heterocycles. The molecular weight excluding hydrogens is 389 g/mol. The summed E-state index contributed by atoms with van der Waals surface area (Å²) < 4.78 is 0. The minimum Gasteiger partial charge on any atom is -0.508 e. The zero-order chi connectivity index (χ0) is 18.9. The molecule has 0 aliphatic rings. The van der Waals surface area contributed by atoms with E-state index in [0.717, 1.165) is 10.6 Å². The van der Waals surface area contributed by atoms with E-state index in [9.17, 15) is 5.11 Å². The number of phenols is 1. The van der Waals surface area contributed by atoms with E-state index in [0.29, 0.717) is 28.0 Å². The Hall–Kier alpha value is -1.95. The summed E-state index contributed by atoms with van der Waals surface area (Å²) in [5, 5.41) is 17.2. The highest BCUT2D eigenvalue weighted by molar-refractivity contribution is 8.13. The lowest BCUT2D eigenvalue weighted by Crippen LogP contribution is -2.18. The van der Waals surface area contributed by atoms with Crippen LogP contribution in [0.4, 0.5) is 5.69 Å². The second-order valence-electron chi connectivity index (χ2n) is 5.21. The number of halogens is 2. The van der Waals surface area contributed by atoms with Crippen LogP contribution in [-0.2, 0) is 5.75 Å². The summed E-state index contributed by atoms with van der Waals surface area (Å²) in [4.78, 5) is 4.68. The lowest BCUT2D eigenvalue weighted by molar-refractivity contribution is 0.462. The first-order valence-corrected chi connectivity index (χ1v) is 9.57. The molecule has 7 heteroatoms. The number of thioether (sulfide) groups is 1. The van der Waals surface area contributed by atoms with Gasteiger partial charge in [0.1, 0.15) is 5.75 Å². The predicted molar refractivity (Wildman–Crippen MR) is 114 cm³/mol. The summed E-state index contributed by atoms with van der Waals surface area (Å²) in [6.45, 7) is 6.08. The standard InChI is InChI=1S/C19H19Cl2N3OS/c1-3-22-24(4-2)12-19(23-18-10-7-15(20)11-17(18)21)26-13-14-5-8-16(25)9-6-14/h3-11,25H,2,12-13H2,1H3/b22-3-,23-19?. The SMILES string of the molecule is C=CN(CC(=Nc1ccc(Cl)cc1Cl)SCc1ccc(O)cc1)/N=C\C. The molecule has 0 heterocycles. The summed E-state index contributed by atoms with van der Waals surface area (Å²) in [6.07, 6.45) is 3.33. The van der Waals surface area contributed by atoms with E-state index in [1.807, 2.05) is 19.1 Å². The molecule has 0 spiro atoms. The summed E-state index contributed by atoms with van der Waals surface area (Å²) >= 11 is 13.8. The van der Waals surface area contributed by atoms with E-state index in [1.54, 1.807) is 59.5 Å². The first kappa shape index (κ1) is 20.4. The molecule has 2 rings (SSSR count). The van der Waals surface area contributed by atoms with Crippen LogP contribution >= 0.6 is 35.0 Å². The Morgan fingerprint density at radius 3 is 2.58 bits per heavy atom. The lowest BCUT2D eigenvalue weighted by Gasteiger charge is -2.15. The summed E-state index contributed by atoms with van der Waals surface area (Å²) in [5.74, 6) is 0.946. The van der Waals surface area contributed by atoms with Crippen LogP contribution in [0.3, 0.4) is 0 Å². The number of aliphatic imine (C=N–C) groups is 1. The maximum absolute atomic E-state index is 9.40. The molecule has 0 aromatic heterocycles. The van der Waals surface area contributed by atoms with Crippen molar-refractivity contribution in [1.82, 2.24) is 5.01 Å². The third-order valence-electron chi connectivity index (χ3n) is 3.27. The lowest BCUT2D eigenvalue weighted by atomic mass is 10.2. The third-order valence-corrected chi connectivity index (χ3v) is 4.84. The largest absolute Gasteiger partial charge is 0.508 e. The zero-order valence-electron chi connectivity index (χ0n) is 14.3. The Morgan fingerprint density at radius 1 is 1.23 bits per heavy atom. The molecule has 4 nitrogen and oxygen atoms in total. The van der Waals surface area contributed by atoms with Gasteiger partial charge in [0.15, 0.2) is 0 Å². The average Bonchev–Trinajstić information content (AvgIpc) is 2.62. The van der Waals surface area contributed by atoms with E-state index in [2.05, 4.69) is 16.7 Å². The first-order valence-electron chi connectivity index (χ1n) is 7.83. The molecule has 0 fully saturated rings. The summed E-state index contributed by atoms with van der Waals surface area (Å²) in [5.41, 5.74) is 1.72. The number of nitrogens with zero attached hydrogens (tertiary/aromatic N) is 3. The monoisotopic (exact) mass is 407 g/mol. The van der Waals surface area contributed by atoms with Crippen molar-refractivity contribution in [3.05, 3.63) is 70.9 Å².